The van der Waals surface area contributed by atoms with Gasteiger partial charge in [0.25, 0.3) is 0 Å². The van der Waals surface area contributed by atoms with E-state index >= 15 is 0 Å². The Kier molecular flexibility index (Phi) is 23.6. The Morgan fingerprint density at radius 1 is 0.417 bits per heavy atom. The molecule has 0 heterocycles. The van der Waals surface area contributed by atoms with Crippen LogP contribution in [0.2, 0.25) is 0 Å². The van der Waals surface area contributed by atoms with Gasteiger partial charge in [0, 0.05) is 19.3 Å². The lowest BCUT2D eigenvalue weighted by Crippen LogP contribution is -2.18. The van der Waals surface area contributed by atoms with Crippen molar-refractivity contribution < 1.29 is 0 Å². The number of unbranched alkanes of at least 4 members (excludes halogenated alkanes) is 22. The molecule has 0 aromatic heterocycles. The van der Waals surface area contributed by atoms with E-state index in [0.29, 0.717) is 0 Å². The Balaban J connectivity index is 1.91. The van der Waals surface area contributed by atoms with Gasteiger partial charge in [-0.15, -0.1) is 0 Å². The fourth-order valence-electron chi connectivity index (χ4n) is 5.41. The van der Waals surface area contributed by atoms with E-state index in [9.17, 15) is 0 Å². The van der Waals surface area contributed by atoms with Crippen LogP contribution < -0.4 is 4.90 Å². The van der Waals surface area contributed by atoms with Crippen LogP contribution in [-0.4, -0.2) is 13.6 Å². The van der Waals surface area contributed by atoms with Crippen LogP contribution in [0, 0.1) is 0 Å². The molecule has 1 nitrogen and oxygen atoms in total. The van der Waals surface area contributed by atoms with Crippen LogP contribution >= 0.6 is 0 Å². The molecule has 0 atom stereocenters. The second-order valence-corrected chi connectivity index (χ2v) is 11.6. The van der Waals surface area contributed by atoms with Gasteiger partial charge in [0.05, 0.1) is 0 Å². The molecule has 0 amide bonds. The largest absolute Gasteiger partial charge is 0.375 e. The molecule has 0 unspecified atom stereocenters. The van der Waals surface area contributed by atoms with Crippen molar-refractivity contribution in [3.63, 3.8) is 0 Å². The van der Waals surface area contributed by atoms with Gasteiger partial charge in [-0.05, 0) is 37.0 Å². The van der Waals surface area contributed by atoms with Crippen molar-refractivity contribution in [3.05, 3.63) is 29.8 Å². The number of nitrogens with zero attached hydrogens (tertiary/aromatic N) is 1. The van der Waals surface area contributed by atoms with Crippen LogP contribution in [0.3, 0.4) is 0 Å². The van der Waals surface area contributed by atoms with E-state index in [2.05, 4.69) is 50.1 Å². The first-order chi connectivity index (χ1) is 17.8. The Morgan fingerprint density at radius 3 is 1.14 bits per heavy atom. The van der Waals surface area contributed by atoms with Gasteiger partial charge in [0.1, 0.15) is 0 Å². The number of anilines is 1. The third-order valence-electron chi connectivity index (χ3n) is 8.04. The summed E-state index contributed by atoms with van der Waals surface area (Å²) >= 11 is 0. The van der Waals surface area contributed by atoms with Crippen molar-refractivity contribution in [2.24, 2.45) is 0 Å². The highest BCUT2D eigenvalue weighted by Gasteiger charge is 2.02. The lowest BCUT2D eigenvalue weighted by molar-refractivity contribution is 0.529. The average molecular weight is 500 g/mol. The van der Waals surface area contributed by atoms with E-state index in [1.807, 2.05) is 0 Å². The summed E-state index contributed by atoms with van der Waals surface area (Å²) in [5.41, 5.74) is 2.90. The molecule has 36 heavy (non-hydrogen) atoms. The van der Waals surface area contributed by atoms with E-state index < -0.39 is 0 Å². The van der Waals surface area contributed by atoms with Crippen molar-refractivity contribution in [1.29, 1.82) is 0 Å². The monoisotopic (exact) mass is 500 g/mol. The summed E-state index contributed by atoms with van der Waals surface area (Å²) in [4.78, 5) is 2.45. The zero-order valence-electron chi connectivity index (χ0n) is 25.1. The van der Waals surface area contributed by atoms with Crippen LogP contribution in [0.1, 0.15) is 174 Å². The molecule has 0 radical (unpaired) electrons. The summed E-state index contributed by atoms with van der Waals surface area (Å²) in [6.07, 6.45) is 35.5. The zero-order chi connectivity index (χ0) is 25.9. The number of benzene rings is 1. The third-order valence-corrected chi connectivity index (χ3v) is 8.04. The van der Waals surface area contributed by atoms with Crippen molar-refractivity contribution in [2.75, 3.05) is 18.5 Å². The van der Waals surface area contributed by atoms with E-state index in [4.69, 9.17) is 0 Å². The van der Waals surface area contributed by atoms with E-state index in [1.165, 1.54) is 178 Å². The van der Waals surface area contributed by atoms with Crippen molar-refractivity contribution in [2.45, 2.75) is 174 Å². The maximum atomic E-state index is 2.45. The SMILES string of the molecule is CCCCCCCCCCCCCCCCCCN(C)c1ccc(CCCCCCCCCC)cc1. The summed E-state index contributed by atoms with van der Waals surface area (Å²) < 4.78 is 0. The molecule has 0 spiro atoms. The van der Waals surface area contributed by atoms with Crippen LogP contribution in [0.5, 0.6) is 0 Å². The molecule has 1 rings (SSSR count). The van der Waals surface area contributed by atoms with Crippen LogP contribution in [0.4, 0.5) is 5.69 Å². The van der Waals surface area contributed by atoms with Crippen molar-refractivity contribution >= 4 is 5.69 Å². The minimum absolute atomic E-state index is 1.19. The second kappa shape index (κ2) is 25.7. The van der Waals surface area contributed by atoms with Gasteiger partial charge < -0.3 is 4.90 Å². The van der Waals surface area contributed by atoms with Gasteiger partial charge in [-0.25, -0.2) is 0 Å². The van der Waals surface area contributed by atoms with Crippen LogP contribution in [0.15, 0.2) is 24.3 Å². The summed E-state index contributed by atoms with van der Waals surface area (Å²) in [5, 5.41) is 0. The fraction of sp³-hybridized carbons (Fsp3) is 0.829. The molecule has 1 aromatic carbocycles. The van der Waals surface area contributed by atoms with Crippen molar-refractivity contribution in [1.82, 2.24) is 0 Å². The lowest BCUT2D eigenvalue weighted by Gasteiger charge is -2.19. The minimum Gasteiger partial charge on any atom is -0.375 e. The zero-order valence-corrected chi connectivity index (χ0v) is 25.1. The number of hydrogen-bond donors (Lipinski definition) is 0. The van der Waals surface area contributed by atoms with E-state index in [1.54, 1.807) is 0 Å². The molecular weight excluding hydrogens is 434 g/mol. The average Bonchev–Trinajstić information content (AvgIpc) is 2.90. The van der Waals surface area contributed by atoms with Crippen molar-refractivity contribution in [3.8, 4) is 0 Å². The standard InChI is InChI=1S/C35H65N/c1-4-6-8-10-12-14-15-16-17-18-19-20-21-23-25-27-33-36(3)35-31-29-34(30-32-35)28-26-24-22-13-11-9-7-5-2/h29-32H,4-28,33H2,1-3H3. The Labute approximate surface area is 228 Å². The highest BCUT2D eigenvalue weighted by atomic mass is 15.1. The highest BCUT2D eigenvalue weighted by molar-refractivity contribution is 5.46. The molecule has 0 aliphatic rings. The molecule has 0 saturated carbocycles. The molecule has 1 aromatic rings. The first kappa shape index (κ1) is 33.0. The van der Waals surface area contributed by atoms with Gasteiger partial charge >= 0.3 is 0 Å². The van der Waals surface area contributed by atoms with Gasteiger partial charge in [-0.1, -0.05) is 167 Å². The second-order valence-electron chi connectivity index (χ2n) is 11.6. The third kappa shape index (κ3) is 20.1. The summed E-state index contributed by atoms with van der Waals surface area (Å²) in [6, 6.07) is 9.40. The summed E-state index contributed by atoms with van der Waals surface area (Å²) in [7, 11) is 2.26. The molecule has 0 fully saturated rings. The van der Waals surface area contributed by atoms with Crippen LogP contribution in [0.25, 0.3) is 0 Å². The normalized spacial score (nSPS) is 11.3. The molecular formula is C35H65N. The minimum atomic E-state index is 1.19. The van der Waals surface area contributed by atoms with E-state index in [0.717, 1.165) is 0 Å². The summed E-state index contributed by atoms with van der Waals surface area (Å²) in [5.74, 6) is 0. The first-order valence-electron chi connectivity index (χ1n) is 16.6. The smallest absolute Gasteiger partial charge is 0.0363 e. The maximum Gasteiger partial charge on any atom is 0.0363 e. The van der Waals surface area contributed by atoms with Gasteiger partial charge in [-0.2, -0.15) is 0 Å². The highest BCUT2D eigenvalue weighted by Crippen LogP contribution is 2.18. The summed E-state index contributed by atoms with van der Waals surface area (Å²) in [6.45, 7) is 5.79. The molecule has 0 aliphatic carbocycles. The Hall–Kier alpha value is -0.980. The molecule has 1 heteroatoms. The molecule has 0 aliphatic heterocycles. The quantitative estimate of drug-likeness (QED) is 0.109. The van der Waals surface area contributed by atoms with Crippen LogP contribution in [-0.2, 0) is 6.42 Å². The van der Waals surface area contributed by atoms with Gasteiger partial charge in [-0.3, -0.25) is 0 Å². The topological polar surface area (TPSA) is 3.24 Å². The van der Waals surface area contributed by atoms with Gasteiger partial charge in [0.15, 0.2) is 0 Å². The first-order valence-corrected chi connectivity index (χ1v) is 16.6. The Morgan fingerprint density at radius 2 is 0.750 bits per heavy atom. The number of hydrogen-bond acceptors (Lipinski definition) is 1. The molecule has 0 saturated heterocycles. The number of aryl methyl sites for hydroxylation is 1. The predicted octanol–water partition coefficient (Wildman–Crippen LogP) is 12.1. The maximum absolute atomic E-state index is 2.45. The van der Waals surface area contributed by atoms with E-state index in [-0.39, 0.29) is 0 Å². The fourth-order valence-corrected chi connectivity index (χ4v) is 5.41. The number of rotatable bonds is 27. The predicted molar refractivity (Wildman–Crippen MR) is 166 cm³/mol. The Bertz CT molecular complexity index is 548. The lowest BCUT2D eigenvalue weighted by atomic mass is 10.0. The molecule has 210 valence electrons. The molecule has 0 bridgehead atoms. The van der Waals surface area contributed by atoms with Gasteiger partial charge in [0.2, 0.25) is 0 Å². The molecule has 0 N–H and O–H groups in total.